The summed E-state index contributed by atoms with van der Waals surface area (Å²) in [5.74, 6) is 2.76. The molecule has 1 fully saturated rings. The zero-order valence-electron chi connectivity index (χ0n) is 84.7. The number of rotatable bonds is 36. The van der Waals surface area contributed by atoms with Gasteiger partial charge in [0.1, 0.15) is 58.8 Å². The van der Waals surface area contributed by atoms with Gasteiger partial charge < -0.3 is 77.8 Å². The number of aliphatic hydroxyl groups excluding tert-OH is 2. The van der Waals surface area contributed by atoms with E-state index in [1.807, 2.05) is 203 Å². The van der Waals surface area contributed by atoms with Crippen molar-refractivity contribution < 1.29 is 71.6 Å². The number of halogens is 1. The molecular weight excluding hydrogens is 1870 g/mol. The minimum absolute atomic E-state index is 0.00392. The molecule has 36 nitrogen and oxygen atoms in total. The summed E-state index contributed by atoms with van der Waals surface area (Å²) in [6, 6.07) is 51.6. The van der Waals surface area contributed by atoms with Gasteiger partial charge in [-0.3, -0.25) is 53.3 Å². The maximum absolute atomic E-state index is 14.8. The van der Waals surface area contributed by atoms with Crippen LogP contribution in [0.4, 0.5) is 49.9 Å². The fourth-order valence-electron chi connectivity index (χ4n) is 16.9. The summed E-state index contributed by atoms with van der Waals surface area (Å²) >= 11 is 0. The summed E-state index contributed by atoms with van der Waals surface area (Å²) in [5.41, 5.74) is 19.1. The number of hydrogen-bond donors (Lipinski definition) is 3. The Morgan fingerprint density at radius 3 is 1.26 bits per heavy atom. The highest BCUT2D eigenvalue weighted by Crippen LogP contribution is 2.41. The molecular formula is C110H119FN22O14. The number of nitrogens with one attached hydrogen (secondary N) is 1. The SMILES string of the molecule is CCC(O)CN(c1cc(OC)cc(OC)c1)c1ccc2ncc(-c3cnn(C)c3)nc2c1.CCOC(=O)CN(c1cc(OC)cc(OC)c1)c1ccc2ncc(-c3cnn(C(C)C)c3)nc2c1.CCOc1cc(F)cc(N(CCN2C(=O)c3ccccc3C2=O)c2ccc3ncc(-c4cnn(C5CCCCO5)c4)nc3c2)c1.COc1cc(OC)cc(N(C[C@@H](O)CNC(C)C)c2ccc3ncc(-c4cnn(C)c4)nc3c2)c1. The predicted octanol–water partition coefficient (Wildman–Crippen LogP) is 18.5. The fourth-order valence-corrected chi connectivity index (χ4v) is 16.9. The standard InChI is InChI=1S/C34H31FN6O4.C26H32N6O3.C26H29N5O4.C24H27N5O3/c1-2-44-26-16-23(35)15-25(17-26)39(12-13-40-33(42)27-7-3-4-8-28(27)34(40)43)24-10-11-29-30(18-24)38-31(20-36-29)22-19-37-41(21-22)32-9-5-6-14-45-32;1-17(2)27-13-21(33)16-32(20-8-22(34-4)11-23(9-20)35-5)19-6-7-24-25(10-19)30-26(14-28-24)18-12-29-31(3)15-18;1-6-35-26(32)16-30(20-9-21(33-4)12-22(10-20)34-5)19-7-8-23-24(11-19)29-25(14-27-23)18-13-28-31(15-18)17(2)3;1-5-19(30)15-29(18-8-20(31-3)11-21(9-18)32-4)17-6-7-22-23(10-17)27-24(13-25-22)16-12-26-28(2)14-16/h3-4,7-8,10-11,15-21,32H,2,5-6,9,12-14H2,1H3;6-12,14-15,17,21,27,33H,13,16H2,1-5H3;7-15,17H,6,16H2,1-5H3;6-14,19,30H,5,15H2,1-4H3/t;21-;;/m.0../s1. The molecule has 0 aliphatic carbocycles. The molecule has 2 aliphatic heterocycles. The number of imide groups is 1. The molecule has 8 aromatic heterocycles. The Morgan fingerprint density at radius 1 is 0.449 bits per heavy atom. The molecule has 2 aliphatic rings. The third kappa shape index (κ3) is 25.2. The summed E-state index contributed by atoms with van der Waals surface area (Å²) in [6.45, 7) is 16.7. The van der Waals surface area contributed by atoms with Crippen molar-refractivity contribution in [3.8, 4) is 85.3 Å². The van der Waals surface area contributed by atoms with E-state index in [1.54, 1.807) is 145 Å². The van der Waals surface area contributed by atoms with Crippen molar-refractivity contribution in [3.05, 3.63) is 261 Å². The molecule has 37 heteroatoms. The summed E-state index contributed by atoms with van der Waals surface area (Å²) in [4.78, 5) is 85.4. The molecule has 3 N–H and O–H groups in total. The lowest BCUT2D eigenvalue weighted by atomic mass is 10.1. The van der Waals surface area contributed by atoms with Gasteiger partial charge in [0.05, 0.1) is 202 Å². The van der Waals surface area contributed by atoms with Gasteiger partial charge in [0.2, 0.25) is 0 Å². The molecule has 760 valence electrons. The number of ether oxygens (including phenoxy) is 9. The number of esters is 1. The molecule has 147 heavy (non-hydrogen) atoms. The molecule has 9 aromatic carbocycles. The van der Waals surface area contributed by atoms with Crippen LogP contribution < -0.4 is 58.1 Å². The number of aliphatic hydroxyl groups is 2. The lowest BCUT2D eigenvalue weighted by Gasteiger charge is -2.29. The number of nitrogens with zero attached hydrogens (tertiary/aromatic N) is 21. The minimum Gasteiger partial charge on any atom is -0.497 e. The number of carbonyl (C=O) groups excluding carboxylic acids is 3. The molecule has 1 saturated heterocycles. The Kier molecular flexibility index (Phi) is 33.5. The summed E-state index contributed by atoms with van der Waals surface area (Å²) in [5, 5.41) is 42.0. The van der Waals surface area contributed by atoms with Gasteiger partial charge in [-0.2, -0.15) is 20.4 Å². The second kappa shape index (κ2) is 47.7. The first kappa shape index (κ1) is 103. The number of amides is 2. The van der Waals surface area contributed by atoms with Crippen LogP contribution in [0.25, 0.3) is 89.2 Å². The number of fused-ring (bicyclic) bond motifs is 5. The van der Waals surface area contributed by atoms with Gasteiger partial charge in [-0.15, -0.1) is 0 Å². The van der Waals surface area contributed by atoms with Crippen molar-refractivity contribution in [1.29, 1.82) is 0 Å². The number of anilines is 8. The van der Waals surface area contributed by atoms with E-state index < -0.39 is 18.0 Å². The minimum atomic E-state index is -0.613. The summed E-state index contributed by atoms with van der Waals surface area (Å²) < 4.78 is 71.5. The Balaban J connectivity index is 0.000000141. The third-order valence-electron chi connectivity index (χ3n) is 24.6. The van der Waals surface area contributed by atoms with Crippen molar-refractivity contribution in [2.24, 2.45) is 14.1 Å². The zero-order valence-corrected chi connectivity index (χ0v) is 84.7. The number of hydrogen-bond acceptors (Lipinski definition) is 31. The summed E-state index contributed by atoms with van der Waals surface area (Å²) in [7, 11) is 13.4. The average Bonchev–Trinajstić information content (AvgIpc) is 1.57. The van der Waals surface area contributed by atoms with Gasteiger partial charge >= 0.3 is 5.97 Å². The van der Waals surface area contributed by atoms with Crippen LogP contribution in [-0.2, 0) is 28.4 Å². The fraction of sp³-hybridized carbons (Fsp3) is 0.300. The van der Waals surface area contributed by atoms with Crippen LogP contribution >= 0.6 is 0 Å². The number of aryl methyl sites for hydroxylation is 2. The monoisotopic (exact) mass is 1990 g/mol. The predicted molar refractivity (Wildman–Crippen MR) is 562 cm³/mol. The molecule has 0 radical (unpaired) electrons. The largest absolute Gasteiger partial charge is 0.497 e. The van der Waals surface area contributed by atoms with Gasteiger partial charge in [-0.1, -0.05) is 32.9 Å². The number of methoxy groups -OCH3 is 6. The number of benzene rings is 9. The molecule has 2 amide bonds. The second-order valence-electron chi connectivity index (χ2n) is 35.5. The molecule has 17 aromatic rings. The van der Waals surface area contributed by atoms with Crippen LogP contribution in [0.3, 0.4) is 0 Å². The van der Waals surface area contributed by atoms with E-state index >= 15 is 0 Å². The molecule has 0 bridgehead atoms. The lowest BCUT2D eigenvalue weighted by molar-refractivity contribution is -0.141. The maximum atomic E-state index is 14.8. The van der Waals surface area contributed by atoms with Crippen LogP contribution in [0.5, 0.6) is 40.2 Å². The van der Waals surface area contributed by atoms with Crippen LogP contribution in [0.1, 0.15) is 107 Å². The normalized spacial score (nSPS) is 13.1. The van der Waals surface area contributed by atoms with E-state index in [4.69, 9.17) is 62.6 Å². The van der Waals surface area contributed by atoms with Gasteiger partial charge in [-0.25, -0.2) is 29.0 Å². The van der Waals surface area contributed by atoms with Crippen molar-refractivity contribution in [2.75, 3.05) is 121 Å². The second-order valence-corrected chi connectivity index (χ2v) is 35.5. The first-order valence-corrected chi connectivity index (χ1v) is 48.5. The van der Waals surface area contributed by atoms with Crippen LogP contribution in [0.2, 0.25) is 0 Å². The smallest absolute Gasteiger partial charge is 0.325 e. The maximum Gasteiger partial charge on any atom is 0.325 e. The number of aromatic nitrogens is 16. The van der Waals surface area contributed by atoms with Gasteiger partial charge in [0.25, 0.3) is 11.8 Å². The number of carbonyl (C=O) groups is 3. The van der Waals surface area contributed by atoms with Crippen molar-refractivity contribution in [1.82, 2.24) is 89.2 Å². The molecule has 19 rings (SSSR count). The van der Waals surface area contributed by atoms with Gasteiger partial charge in [0, 0.05) is 218 Å². The first-order valence-electron chi connectivity index (χ1n) is 48.5. The Bertz CT molecular complexity index is 7380. The third-order valence-corrected chi connectivity index (χ3v) is 24.6. The highest BCUT2D eigenvalue weighted by Gasteiger charge is 2.36. The molecule has 3 atom stereocenters. The first-order chi connectivity index (χ1) is 71.2. The average molecular weight is 1990 g/mol. The van der Waals surface area contributed by atoms with E-state index in [9.17, 15) is 29.0 Å². The molecule has 0 spiro atoms. The van der Waals surface area contributed by atoms with Gasteiger partial charge in [0.15, 0.2) is 0 Å². The van der Waals surface area contributed by atoms with E-state index in [-0.39, 0.29) is 55.7 Å². The summed E-state index contributed by atoms with van der Waals surface area (Å²) in [6.07, 6.45) is 24.2. The quantitative estimate of drug-likeness (QED) is 0.0242. The van der Waals surface area contributed by atoms with E-state index in [1.165, 1.54) is 17.0 Å². The molecule has 10 heterocycles. The van der Waals surface area contributed by atoms with E-state index in [0.29, 0.717) is 124 Å². The molecule has 0 saturated carbocycles. The van der Waals surface area contributed by atoms with Crippen LogP contribution in [-0.4, -0.2) is 232 Å². The van der Waals surface area contributed by atoms with Crippen molar-refractivity contribution >= 4 is 107 Å². The van der Waals surface area contributed by atoms with Gasteiger partial charge in [-0.05, 0) is 144 Å². The van der Waals surface area contributed by atoms with E-state index in [0.717, 1.165) is 127 Å². The van der Waals surface area contributed by atoms with Crippen LogP contribution in [0.15, 0.2) is 244 Å². The topological polar surface area (TPSA) is 377 Å². The van der Waals surface area contributed by atoms with Crippen LogP contribution in [0, 0.1) is 5.82 Å². The molecule has 2 unspecified atom stereocenters. The highest BCUT2D eigenvalue weighted by molar-refractivity contribution is 6.21. The van der Waals surface area contributed by atoms with Crippen molar-refractivity contribution in [3.63, 3.8) is 0 Å². The lowest BCUT2D eigenvalue weighted by Crippen LogP contribution is -2.38. The Labute approximate surface area is 850 Å². The highest BCUT2D eigenvalue weighted by atomic mass is 19.1. The Morgan fingerprint density at radius 2 is 0.857 bits per heavy atom. The van der Waals surface area contributed by atoms with Crippen molar-refractivity contribution in [2.45, 2.75) is 105 Å². The van der Waals surface area contributed by atoms with E-state index in [2.05, 4.69) is 73.3 Å². The Hall–Kier alpha value is -16.6. The zero-order chi connectivity index (χ0) is 103.